The minimum Gasteiger partial charge on any atom is -0.237 e. The Hall–Kier alpha value is -0.790. The minimum atomic E-state index is 1.08. The zero-order valence-electron chi connectivity index (χ0n) is 7.67. The number of nitrogens with zero attached hydrogens (tertiary/aromatic N) is 2. The van der Waals surface area contributed by atoms with Gasteiger partial charge in [0.15, 0.2) is 0 Å². The molecule has 0 aliphatic carbocycles. The van der Waals surface area contributed by atoms with Crippen LogP contribution in [0, 0.1) is 0 Å². The van der Waals surface area contributed by atoms with Crippen LogP contribution in [-0.4, -0.2) is 4.57 Å². The molecule has 0 saturated carbocycles. The molecule has 1 aromatic rings. The van der Waals surface area contributed by atoms with Crippen molar-refractivity contribution in [1.82, 2.24) is 4.57 Å². The number of aromatic nitrogens is 2. The summed E-state index contributed by atoms with van der Waals surface area (Å²) in [6, 6.07) is 0. The second-order valence-electron chi connectivity index (χ2n) is 2.86. The van der Waals surface area contributed by atoms with E-state index in [0.29, 0.717) is 0 Å². The highest BCUT2D eigenvalue weighted by molar-refractivity contribution is 4.81. The van der Waals surface area contributed by atoms with Gasteiger partial charge in [-0.25, -0.2) is 9.13 Å². The van der Waals surface area contributed by atoms with Gasteiger partial charge in [0, 0.05) is 6.42 Å². The number of aryl methyl sites for hydroxylation is 2. The van der Waals surface area contributed by atoms with Crippen molar-refractivity contribution in [2.24, 2.45) is 7.05 Å². The molecule has 62 valence electrons. The molecule has 1 rings (SSSR count). The van der Waals surface area contributed by atoms with E-state index in [0.717, 1.165) is 6.54 Å². The van der Waals surface area contributed by atoms with Gasteiger partial charge in [-0.1, -0.05) is 6.92 Å². The molecule has 0 aliphatic rings. The van der Waals surface area contributed by atoms with Crippen LogP contribution in [0.25, 0.3) is 0 Å². The summed E-state index contributed by atoms with van der Waals surface area (Å²) in [4.78, 5) is 0. The lowest BCUT2D eigenvalue weighted by Gasteiger charge is -1.96. The Morgan fingerprint density at radius 2 is 2.18 bits per heavy atom. The molecule has 0 saturated heterocycles. The molecule has 0 N–H and O–H groups in total. The van der Waals surface area contributed by atoms with Gasteiger partial charge in [-0.2, -0.15) is 0 Å². The molecule has 0 fully saturated rings. The first kappa shape index (κ1) is 8.31. The Bertz CT molecular complexity index is 225. The maximum Gasteiger partial charge on any atom is 0.256 e. The molecule has 0 bridgehead atoms. The molecule has 0 aromatic carbocycles. The summed E-state index contributed by atoms with van der Waals surface area (Å²) in [5.74, 6) is 1.43. The van der Waals surface area contributed by atoms with E-state index >= 15 is 0 Å². The van der Waals surface area contributed by atoms with Crippen LogP contribution in [0.1, 0.15) is 26.1 Å². The molecule has 0 radical (unpaired) electrons. The Kier molecular flexibility index (Phi) is 2.69. The van der Waals surface area contributed by atoms with Gasteiger partial charge < -0.3 is 0 Å². The quantitative estimate of drug-likeness (QED) is 0.578. The molecule has 2 heteroatoms. The highest BCUT2D eigenvalue weighted by Gasteiger charge is 2.10. The SMILES string of the molecule is CCCc1n(C)cc[n+]1CC. The van der Waals surface area contributed by atoms with Crippen molar-refractivity contribution >= 4 is 0 Å². The second-order valence-corrected chi connectivity index (χ2v) is 2.86. The fourth-order valence-electron chi connectivity index (χ4n) is 1.39. The minimum absolute atomic E-state index is 1.08. The predicted octanol–water partition coefficient (Wildman–Crippen LogP) is 1.29. The van der Waals surface area contributed by atoms with Gasteiger partial charge in [0.05, 0.1) is 13.6 Å². The number of rotatable bonds is 3. The third-order valence-corrected chi connectivity index (χ3v) is 2.02. The van der Waals surface area contributed by atoms with Gasteiger partial charge in [-0.3, -0.25) is 0 Å². The maximum atomic E-state index is 2.30. The van der Waals surface area contributed by atoms with Crippen LogP contribution in [0.4, 0.5) is 0 Å². The Labute approximate surface area is 68.5 Å². The summed E-state index contributed by atoms with van der Waals surface area (Å²) in [6.07, 6.45) is 6.66. The molecule has 1 aromatic heterocycles. The third-order valence-electron chi connectivity index (χ3n) is 2.02. The predicted molar refractivity (Wildman–Crippen MR) is 45.3 cm³/mol. The Morgan fingerprint density at radius 1 is 1.45 bits per heavy atom. The lowest BCUT2D eigenvalue weighted by Crippen LogP contribution is -2.35. The Balaban J connectivity index is 2.88. The van der Waals surface area contributed by atoms with E-state index in [9.17, 15) is 0 Å². The third kappa shape index (κ3) is 1.62. The second kappa shape index (κ2) is 3.56. The smallest absolute Gasteiger partial charge is 0.237 e. The molecule has 0 aliphatic heterocycles. The number of hydrogen-bond donors (Lipinski definition) is 0. The molecular formula is C9H17N2+. The van der Waals surface area contributed by atoms with Crippen LogP contribution in [-0.2, 0) is 20.0 Å². The van der Waals surface area contributed by atoms with Crippen LogP contribution in [0.5, 0.6) is 0 Å². The van der Waals surface area contributed by atoms with E-state index < -0.39 is 0 Å². The Morgan fingerprint density at radius 3 is 2.73 bits per heavy atom. The van der Waals surface area contributed by atoms with Crippen molar-refractivity contribution in [2.45, 2.75) is 33.2 Å². The summed E-state index contributed by atoms with van der Waals surface area (Å²) >= 11 is 0. The zero-order valence-corrected chi connectivity index (χ0v) is 7.67. The summed E-state index contributed by atoms with van der Waals surface area (Å²) in [6.45, 7) is 5.47. The highest BCUT2D eigenvalue weighted by Crippen LogP contribution is 1.96. The number of hydrogen-bond acceptors (Lipinski definition) is 0. The first-order chi connectivity index (χ1) is 5.29. The van der Waals surface area contributed by atoms with Crippen molar-refractivity contribution in [1.29, 1.82) is 0 Å². The topological polar surface area (TPSA) is 8.81 Å². The average molecular weight is 153 g/mol. The molecule has 11 heavy (non-hydrogen) atoms. The average Bonchev–Trinajstić information content (AvgIpc) is 2.34. The fraction of sp³-hybridized carbons (Fsp3) is 0.667. The lowest BCUT2D eigenvalue weighted by atomic mass is 10.3. The van der Waals surface area contributed by atoms with Gasteiger partial charge in [-0.05, 0) is 13.3 Å². The van der Waals surface area contributed by atoms with Gasteiger partial charge in [0.25, 0.3) is 5.82 Å². The van der Waals surface area contributed by atoms with Crippen LogP contribution >= 0.6 is 0 Å². The fourth-order valence-corrected chi connectivity index (χ4v) is 1.39. The molecular weight excluding hydrogens is 136 g/mol. The summed E-state index contributed by atoms with van der Waals surface area (Å²) in [5, 5.41) is 0. The molecule has 2 nitrogen and oxygen atoms in total. The van der Waals surface area contributed by atoms with Crippen molar-refractivity contribution in [3.63, 3.8) is 0 Å². The van der Waals surface area contributed by atoms with Gasteiger partial charge in [-0.15, -0.1) is 0 Å². The van der Waals surface area contributed by atoms with E-state index in [1.54, 1.807) is 0 Å². The normalized spacial score (nSPS) is 10.5. The standard InChI is InChI=1S/C9H17N2/c1-4-6-9-10(3)7-8-11(9)5-2/h7-8H,4-6H2,1-3H3/q+1. The van der Waals surface area contributed by atoms with E-state index in [1.165, 1.54) is 18.7 Å². The molecule has 0 spiro atoms. The van der Waals surface area contributed by atoms with E-state index in [-0.39, 0.29) is 0 Å². The maximum absolute atomic E-state index is 2.30. The molecule has 0 atom stereocenters. The van der Waals surface area contributed by atoms with Crippen LogP contribution in [0.15, 0.2) is 12.4 Å². The molecule has 0 amide bonds. The van der Waals surface area contributed by atoms with Crippen molar-refractivity contribution in [3.05, 3.63) is 18.2 Å². The monoisotopic (exact) mass is 153 g/mol. The van der Waals surface area contributed by atoms with Gasteiger partial charge in [0.2, 0.25) is 0 Å². The summed E-state index contributed by atoms with van der Waals surface area (Å²) in [7, 11) is 2.11. The summed E-state index contributed by atoms with van der Waals surface area (Å²) < 4.78 is 4.50. The van der Waals surface area contributed by atoms with Crippen LogP contribution < -0.4 is 4.57 Å². The van der Waals surface area contributed by atoms with Crippen molar-refractivity contribution in [2.75, 3.05) is 0 Å². The van der Waals surface area contributed by atoms with Gasteiger partial charge in [0.1, 0.15) is 12.4 Å². The van der Waals surface area contributed by atoms with Crippen LogP contribution in [0.3, 0.4) is 0 Å². The van der Waals surface area contributed by atoms with E-state index in [1.807, 2.05) is 0 Å². The summed E-state index contributed by atoms with van der Waals surface area (Å²) in [5.41, 5.74) is 0. The van der Waals surface area contributed by atoms with E-state index in [2.05, 4.69) is 42.4 Å². The largest absolute Gasteiger partial charge is 0.256 e. The lowest BCUT2D eigenvalue weighted by molar-refractivity contribution is -0.700. The molecule has 0 unspecified atom stereocenters. The van der Waals surface area contributed by atoms with Crippen molar-refractivity contribution in [3.8, 4) is 0 Å². The van der Waals surface area contributed by atoms with Crippen molar-refractivity contribution < 1.29 is 4.57 Å². The zero-order chi connectivity index (χ0) is 8.27. The first-order valence-corrected chi connectivity index (χ1v) is 4.33. The first-order valence-electron chi connectivity index (χ1n) is 4.33. The highest BCUT2D eigenvalue weighted by atomic mass is 15.1. The van der Waals surface area contributed by atoms with Gasteiger partial charge >= 0.3 is 0 Å². The number of imidazole rings is 1. The van der Waals surface area contributed by atoms with E-state index in [4.69, 9.17) is 0 Å². The van der Waals surface area contributed by atoms with Crippen LogP contribution in [0.2, 0.25) is 0 Å². The molecule has 1 heterocycles.